The Morgan fingerprint density at radius 1 is 0.857 bits per heavy atom. The number of halogens is 2. The van der Waals surface area contributed by atoms with Gasteiger partial charge < -0.3 is 19.2 Å². The van der Waals surface area contributed by atoms with Gasteiger partial charge in [-0.3, -0.25) is 0 Å². The molecule has 2 rings (SSSR count). The first-order valence-corrected chi connectivity index (χ1v) is 6.98. The van der Waals surface area contributed by atoms with Crippen molar-refractivity contribution in [2.45, 2.75) is 20.8 Å². The molecule has 0 saturated carbocycles. The number of allylic oxidation sites excluding steroid dienone is 4. The summed E-state index contributed by atoms with van der Waals surface area (Å²) in [7, 11) is 0. The Kier molecular flexibility index (Phi) is 5.04. The highest BCUT2D eigenvalue weighted by Crippen LogP contribution is 2.30. The molecule has 0 atom stereocenters. The molecule has 0 spiro atoms. The van der Waals surface area contributed by atoms with Crippen molar-refractivity contribution in [2.24, 2.45) is 0 Å². The van der Waals surface area contributed by atoms with Crippen LogP contribution in [0.3, 0.4) is 0 Å². The first-order chi connectivity index (χ1) is 10.0. The van der Waals surface area contributed by atoms with E-state index in [9.17, 15) is 0 Å². The minimum absolute atomic E-state index is 0.362. The molecule has 1 heterocycles. The van der Waals surface area contributed by atoms with Crippen LogP contribution in [0.25, 0.3) is 6.08 Å². The molecule has 0 aromatic heterocycles. The van der Waals surface area contributed by atoms with Crippen LogP contribution in [0.1, 0.15) is 26.3 Å². The molecule has 0 unspecified atom stereocenters. The summed E-state index contributed by atoms with van der Waals surface area (Å²) in [6.07, 6.45) is 3.92. The maximum absolute atomic E-state index is 5.39. The molecule has 2 N–H and O–H groups in total. The van der Waals surface area contributed by atoms with E-state index >= 15 is 0 Å². The summed E-state index contributed by atoms with van der Waals surface area (Å²) < 4.78 is 9.33. The molecule has 4 nitrogen and oxygen atoms in total. The van der Waals surface area contributed by atoms with E-state index in [2.05, 4.69) is 14.9 Å². The van der Waals surface area contributed by atoms with Gasteiger partial charge in [-0.2, -0.15) is 0 Å². The summed E-state index contributed by atoms with van der Waals surface area (Å²) in [5, 5.41) is 6.66. The van der Waals surface area contributed by atoms with Crippen LogP contribution in [0.4, 0.5) is 0 Å². The van der Waals surface area contributed by atoms with Crippen molar-refractivity contribution >= 4 is 29.8 Å². The predicted molar refractivity (Wildman–Crippen MR) is 85.8 cm³/mol. The Balaban J connectivity index is 2.20. The van der Waals surface area contributed by atoms with Crippen LogP contribution in [0, 0.1) is 0 Å². The third kappa shape index (κ3) is 3.65. The van der Waals surface area contributed by atoms with Gasteiger partial charge in [0.05, 0.1) is 5.70 Å². The van der Waals surface area contributed by atoms with E-state index in [1.165, 1.54) is 0 Å². The first kappa shape index (κ1) is 15.6. The van der Waals surface area contributed by atoms with Gasteiger partial charge in [0.25, 0.3) is 0 Å². The smallest absolute Gasteiger partial charge is 0.191 e. The third-order valence-electron chi connectivity index (χ3n) is 3.24. The number of benzene rings is 1. The number of hydrogen-bond donors (Lipinski definition) is 2. The lowest BCUT2D eigenvalue weighted by Gasteiger charge is -2.22. The summed E-state index contributed by atoms with van der Waals surface area (Å²) in [5.41, 5.74) is 5.18. The Labute approximate surface area is 134 Å². The van der Waals surface area contributed by atoms with Crippen molar-refractivity contribution < 1.29 is 8.58 Å². The zero-order chi connectivity index (χ0) is 15.4. The van der Waals surface area contributed by atoms with Crippen molar-refractivity contribution in [1.82, 2.24) is 10.6 Å². The number of rotatable bonds is 4. The number of hydrogen-bond acceptors (Lipinski definition) is 4. The lowest BCUT2D eigenvalue weighted by molar-refractivity contribution is 0.544. The van der Waals surface area contributed by atoms with Gasteiger partial charge in [0.15, 0.2) is 11.5 Å². The van der Waals surface area contributed by atoms with Crippen molar-refractivity contribution in [3.05, 3.63) is 52.6 Å². The average molecular weight is 327 g/mol. The van der Waals surface area contributed by atoms with Crippen LogP contribution < -0.4 is 19.2 Å². The third-order valence-corrected chi connectivity index (χ3v) is 3.57. The zero-order valence-electron chi connectivity index (χ0n) is 12.0. The molecule has 0 amide bonds. The molecule has 0 radical (unpaired) electrons. The van der Waals surface area contributed by atoms with Crippen LogP contribution in [-0.4, -0.2) is 0 Å². The quantitative estimate of drug-likeness (QED) is 0.858. The molecule has 1 aromatic carbocycles. The maximum atomic E-state index is 5.39. The Morgan fingerprint density at radius 3 is 2.19 bits per heavy atom. The second kappa shape index (κ2) is 6.78. The molecular formula is C15H16Cl2N2O2. The fourth-order valence-electron chi connectivity index (χ4n) is 1.93. The van der Waals surface area contributed by atoms with Gasteiger partial charge in [-0.25, -0.2) is 0 Å². The van der Waals surface area contributed by atoms with Crippen LogP contribution in [-0.2, 0) is 0 Å². The molecular weight excluding hydrogens is 311 g/mol. The second-order valence-electron chi connectivity index (χ2n) is 4.73. The minimum Gasteiger partial charge on any atom is -0.382 e. The van der Waals surface area contributed by atoms with Crippen LogP contribution in [0.5, 0.6) is 11.5 Å². The van der Waals surface area contributed by atoms with E-state index in [0.717, 1.165) is 28.4 Å². The Hall–Kier alpha value is -1.78. The Bertz CT molecular complexity index is 637. The van der Waals surface area contributed by atoms with E-state index in [1.54, 1.807) is 12.1 Å². The number of nitrogens with one attached hydrogen (secondary N) is 2. The molecule has 1 aromatic rings. The van der Waals surface area contributed by atoms with E-state index in [0.29, 0.717) is 11.5 Å². The van der Waals surface area contributed by atoms with Crippen molar-refractivity contribution in [3.63, 3.8) is 0 Å². The van der Waals surface area contributed by atoms with Crippen molar-refractivity contribution in [2.75, 3.05) is 0 Å². The molecule has 1 aliphatic heterocycles. The molecule has 0 saturated heterocycles. The largest absolute Gasteiger partial charge is 0.382 e. The van der Waals surface area contributed by atoms with Gasteiger partial charge in [0, 0.05) is 17.1 Å². The highest BCUT2D eigenvalue weighted by molar-refractivity contribution is 6.10. The lowest BCUT2D eigenvalue weighted by Crippen LogP contribution is -2.26. The molecule has 0 aliphatic carbocycles. The first-order valence-electron chi connectivity index (χ1n) is 6.37. The van der Waals surface area contributed by atoms with E-state index in [4.69, 9.17) is 28.0 Å². The molecule has 21 heavy (non-hydrogen) atoms. The highest BCUT2D eigenvalue weighted by Gasteiger charge is 2.09. The highest BCUT2D eigenvalue weighted by atomic mass is 35.5. The maximum Gasteiger partial charge on any atom is 0.191 e. The van der Waals surface area contributed by atoms with Crippen molar-refractivity contribution in [3.8, 4) is 11.5 Å². The van der Waals surface area contributed by atoms with Crippen LogP contribution >= 0.6 is 23.7 Å². The van der Waals surface area contributed by atoms with Gasteiger partial charge in [0.2, 0.25) is 0 Å². The lowest BCUT2D eigenvalue weighted by atomic mass is 10.1. The summed E-state index contributed by atoms with van der Waals surface area (Å²) in [6, 6.07) is 5.28. The fraction of sp³-hybridized carbons (Fsp3) is 0.200. The molecule has 0 fully saturated rings. The fourth-order valence-corrected chi connectivity index (χ4v) is 2.18. The summed E-state index contributed by atoms with van der Waals surface area (Å²) in [6.45, 7) is 6.07. The van der Waals surface area contributed by atoms with E-state index in [-0.39, 0.29) is 0 Å². The zero-order valence-corrected chi connectivity index (χ0v) is 13.5. The van der Waals surface area contributed by atoms with Gasteiger partial charge in [-0.15, -0.1) is 0 Å². The van der Waals surface area contributed by atoms with Crippen LogP contribution in [0.2, 0.25) is 0 Å². The second-order valence-corrected chi connectivity index (χ2v) is 5.04. The minimum atomic E-state index is 0.362. The average Bonchev–Trinajstić information content (AvgIpc) is 2.49. The molecule has 112 valence electrons. The van der Waals surface area contributed by atoms with Crippen LogP contribution in [0.15, 0.2) is 47.1 Å². The normalized spacial score (nSPS) is 15.1. The van der Waals surface area contributed by atoms with Gasteiger partial charge >= 0.3 is 0 Å². The van der Waals surface area contributed by atoms with Gasteiger partial charge in [0.1, 0.15) is 23.7 Å². The SMILES string of the molecule is CC1=C(C)NC(/C=C/c2ccc(OCl)c(OCl)c2)=C(C)N1. The summed E-state index contributed by atoms with van der Waals surface area (Å²) in [5.74, 6) is 0.729. The van der Waals surface area contributed by atoms with E-state index < -0.39 is 0 Å². The standard InChI is InChI=1S/C15H16Cl2N2O2/c1-9-10(2)19-13(11(3)18-9)6-4-12-5-7-14(20-16)15(8-12)21-17/h4-8,18-19H,1-3H3/b6-4+. The van der Waals surface area contributed by atoms with Gasteiger partial charge in [-0.1, -0.05) is 12.1 Å². The molecule has 0 bridgehead atoms. The summed E-state index contributed by atoms with van der Waals surface area (Å²) >= 11 is 10.7. The predicted octanol–water partition coefficient (Wildman–Crippen LogP) is 4.44. The van der Waals surface area contributed by atoms with E-state index in [1.807, 2.05) is 39.0 Å². The molecule has 1 aliphatic rings. The van der Waals surface area contributed by atoms with Crippen molar-refractivity contribution in [1.29, 1.82) is 0 Å². The Morgan fingerprint density at radius 2 is 1.52 bits per heavy atom. The molecule has 6 heteroatoms. The summed E-state index contributed by atoms with van der Waals surface area (Å²) in [4.78, 5) is 0. The topological polar surface area (TPSA) is 42.5 Å². The van der Waals surface area contributed by atoms with Gasteiger partial charge in [-0.05, 0) is 44.5 Å². The monoisotopic (exact) mass is 326 g/mol.